The Bertz CT molecular complexity index is 439. The number of thiophene rings is 1. The highest BCUT2D eigenvalue weighted by molar-refractivity contribution is 14.0. The van der Waals surface area contributed by atoms with Crippen LogP contribution in [0.2, 0.25) is 0 Å². The monoisotopic (exact) mass is 436 g/mol. The largest absolute Gasteiger partial charge is 0.355 e. The van der Waals surface area contributed by atoms with E-state index in [1.54, 1.807) is 11.3 Å². The van der Waals surface area contributed by atoms with E-state index in [2.05, 4.69) is 51.4 Å². The minimum Gasteiger partial charge on any atom is -0.355 e. The van der Waals surface area contributed by atoms with Gasteiger partial charge in [0.15, 0.2) is 5.96 Å². The highest BCUT2D eigenvalue weighted by Crippen LogP contribution is 2.31. The first-order chi connectivity index (χ1) is 10.2. The molecule has 0 unspecified atom stereocenters. The third kappa shape index (κ3) is 5.38. The van der Waals surface area contributed by atoms with Crippen molar-refractivity contribution in [3.63, 3.8) is 0 Å². The number of rotatable bonds is 5. The number of likely N-dealkylation sites (N-methyl/N-ethyl adjacent to an activating group) is 1. The summed E-state index contributed by atoms with van der Waals surface area (Å²) in [5.74, 6) is 0.896. The highest BCUT2D eigenvalue weighted by Gasteiger charge is 2.34. The lowest BCUT2D eigenvalue weighted by Gasteiger charge is -2.43. The van der Waals surface area contributed by atoms with Gasteiger partial charge in [0.25, 0.3) is 0 Å². The molecule has 0 amide bonds. The van der Waals surface area contributed by atoms with Gasteiger partial charge < -0.3 is 15.5 Å². The fourth-order valence-electron chi connectivity index (χ4n) is 3.04. The van der Waals surface area contributed by atoms with Crippen molar-refractivity contribution >= 4 is 41.3 Å². The van der Waals surface area contributed by atoms with Gasteiger partial charge in [-0.25, -0.2) is 0 Å². The fraction of sp³-hybridized carbons (Fsp3) is 0.688. The fourth-order valence-corrected chi connectivity index (χ4v) is 3.71. The molecule has 0 atom stereocenters. The molecule has 126 valence electrons. The second kappa shape index (κ2) is 9.72. The molecule has 0 bridgehead atoms. The summed E-state index contributed by atoms with van der Waals surface area (Å²) in [6.45, 7) is 1.79. The van der Waals surface area contributed by atoms with Crippen LogP contribution >= 0.6 is 35.3 Å². The first kappa shape index (κ1) is 19.7. The van der Waals surface area contributed by atoms with Crippen LogP contribution in [0.3, 0.4) is 0 Å². The minimum atomic E-state index is 0. The summed E-state index contributed by atoms with van der Waals surface area (Å²) in [5, 5.41) is 11.2. The molecule has 6 heteroatoms. The summed E-state index contributed by atoms with van der Waals surface area (Å²) in [4.78, 5) is 6.74. The molecule has 1 saturated carbocycles. The van der Waals surface area contributed by atoms with Crippen LogP contribution in [0.4, 0.5) is 0 Å². The van der Waals surface area contributed by atoms with Gasteiger partial charge in [-0.05, 0) is 49.3 Å². The zero-order valence-corrected chi connectivity index (χ0v) is 17.0. The van der Waals surface area contributed by atoms with Crippen molar-refractivity contribution in [1.29, 1.82) is 0 Å². The quantitative estimate of drug-likeness (QED) is 0.423. The molecule has 0 saturated heterocycles. The van der Waals surface area contributed by atoms with Crippen LogP contribution in [0.15, 0.2) is 21.8 Å². The van der Waals surface area contributed by atoms with Crippen LogP contribution in [0.25, 0.3) is 0 Å². The maximum absolute atomic E-state index is 4.34. The topological polar surface area (TPSA) is 39.7 Å². The van der Waals surface area contributed by atoms with Crippen LogP contribution in [0, 0.1) is 0 Å². The number of hydrogen-bond acceptors (Lipinski definition) is 3. The first-order valence-corrected chi connectivity index (χ1v) is 8.74. The molecule has 1 aliphatic carbocycles. The van der Waals surface area contributed by atoms with Gasteiger partial charge >= 0.3 is 0 Å². The summed E-state index contributed by atoms with van der Waals surface area (Å²) in [7, 11) is 6.25. The van der Waals surface area contributed by atoms with Crippen molar-refractivity contribution < 1.29 is 0 Å². The van der Waals surface area contributed by atoms with Crippen LogP contribution in [-0.2, 0) is 6.54 Å². The normalized spacial score (nSPS) is 17.9. The van der Waals surface area contributed by atoms with Crippen LogP contribution in [0.1, 0.15) is 37.7 Å². The molecule has 2 rings (SSSR count). The Morgan fingerprint density at radius 3 is 2.55 bits per heavy atom. The second-order valence-electron chi connectivity index (χ2n) is 6.09. The molecule has 0 spiro atoms. The molecule has 0 radical (unpaired) electrons. The van der Waals surface area contributed by atoms with E-state index in [1.807, 2.05) is 7.05 Å². The molecular weight excluding hydrogens is 407 g/mol. The molecule has 1 aliphatic rings. The van der Waals surface area contributed by atoms with Crippen LogP contribution < -0.4 is 10.6 Å². The van der Waals surface area contributed by atoms with E-state index in [9.17, 15) is 0 Å². The van der Waals surface area contributed by atoms with E-state index in [0.717, 1.165) is 19.0 Å². The van der Waals surface area contributed by atoms with Crippen molar-refractivity contribution in [3.8, 4) is 0 Å². The van der Waals surface area contributed by atoms with Crippen molar-refractivity contribution in [2.24, 2.45) is 4.99 Å². The van der Waals surface area contributed by atoms with Gasteiger partial charge in [-0.15, -0.1) is 24.0 Å². The van der Waals surface area contributed by atoms with E-state index >= 15 is 0 Å². The van der Waals surface area contributed by atoms with E-state index in [4.69, 9.17) is 0 Å². The minimum absolute atomic E-state index is 0. The van der Waals surface area contributed by atoms with E-state index < -0.39 is 0 Å². The molecule has 0 aromatic carbocycles. The van der Waals surface area contributed by atoms with Gasteiger partial charge in [-0.1, -0.05) is 19.3 Å². The number of aliphatic imine (C=N–C) groups is 1. The standard InChI is InChI=1S/C16H28N4S.HI/c1-17-15(18-11-14-7-10-21-12-14)19-13-16(20(2)3)8-5-4-6-9-16;/h7,10,12H,4-6,8-9,11,13H2,1-3H3,(H2,17,18,19);1H. The van der Waals surface area contributed by atoms with Crippen molar-refractivity contribution in [3.05, 3.63) is 22.4 Å². The summed E-state index contributed by atoms with van der Waals surface area (Å²) in [6.07, 6.45) is 6.59. The Morgan fingerprint density at radius 2 is 2.00 bits per heavy atom. The molecule has 2 N–H and O–H groups in total. The Kier molecular flexibility index (Phi) is 8.71. The summed E-state index contributed by atoms with van der Waals surface area (Å²) in [5.41, 5.74) is 1.58. The molecule has 1 aromatic rings. The van der Waals surface area contributed by atoms with Crippen molar-refractivity contribution in [2.75, 3.05) is 27.7 Å². The molecule has 1 fully saturated rings. The Labute approximate surface area is 155 Å². The maximum Gasteiger partial charge on any atom is 0.191 e. The predicted octanol–water partition coefficient (Wildman–Crippen LogP) is 3.30. The second-order valence-corrected chi connectivity index (χ2v) is 6.87. The SMILES string of the molecule is CN=C(NCc1ccsc1)NCC1(N(C)C)CCCCC1.I. The van der Waals surface area contributed by atoms with E-state index in [0.29, 0.717) is 0 Å². The van der Waals surface area contributed by atoms with Gasteiger partial charge in [0, 0.05) is 25.7 Å². The molecule has 0 aliphatic heterocycles. The number of halogens is 1. The van der Waals surface area contributed by atoms with Crippen LogP contribution in [-0.4, -0.2) is 44.1 Å². The Morgan fingerprint density at radius 1 is 1.27 bits per heavy atom. The zero-order chi connectivity index (χ0) is 15.1. The lowest BCUT2D eigenvalue weighted by Crippen LogP contribution is -2.55. The predicted molar refractivity (Wildman–Crippen MR) is 107 cm³/mol. The average molecular weight is 436 g/mol. The molecule has 1 heterocycles. The van der Waals surface area contributed by atoms with Gasteiger partial charge in [-0.3, -0.25) is 4.99 Å². The van der Waals surface area contributed by atoms with Gasteiger partial charge in [-0.2, -0.15) is 11.3 Å². The summed E-state index contributed by atoms with van der Waals surface area (Å²) < 4.78 is 0. The Hall–Kier alpha value is -0.340. The molecular formula is C16H29IN4S. The highest BCUT2D eigenvalue weighted by atomic mass is 127. The number of nitrogens with zero attached hydrogens (tertiary/aromatic N) is 2. The third-order valence-corrected chi connectivity index (χ3v) is 5.31. The van der Waals surface area contributed by atoms with E-state index in [-0.39, 0.29) is 29.5 Å². The average Bonchev–Trinajstić information content (AvgIpc) is 3.01. The smallest absolute Gasteiger partial charge is 0.191 e. The maximum atomic E-state index is 4.34. The van der Waals surface area contributed by atoms with Gasteiger partial charge in [0.1, 0.15) is 0 Å². The zero-order valence-electron chi connectivity index (χ0n) is 13.9. The number of hydrogen-bond donors (Lipinski definition) is 2. The first-order valence-electron chi connectivity index (χ1n) is 7.79. The number of nitrogens with one attached hydrogen (secondary N) is 2. The van der Waals surface area contributed by atoms with Gasteiger partial charge in [0.2, 0.25) is 0 Å². The lowest BCUT2D eigenvalue weighted by molar-refractivity contribution is 0.104. The third-order valence-electron chi connectivity index (χ3n) is 4.58. The summed E-state index contributed by atoms with van der Waals surface area (Å²) >= 11 is 1.73. The lowest BCUT2D eigenvalue weighted by atomic mass is 9.80. The van der Waals surface area contributed by atoms with E-state index in [1.165, 1.54) is 37.7 Å². The molecule has 1 aromatic heterocycles. The molecule has 22 heavy (non-hydrogen) atoms. The summed E-state index contributed by atoms with van der Waals surface area (Å²) in [6, 6.07) is 2.15. The number of guanidine groups is 1. The molecule has 4 nitrogen and oxygen atoms in total. The van der Waals surface area contributed by atoms with Crippen LogP contribution in [0.5, 0.6) is 0 Å². The van der Waals surface area contributed by atoms with Gasteiger partial charge in [0.05, 0.1) is 0 Å². The van der Waals surface area contributed by atoms with Crippen molar-refractivity contribution in [2.45, 2.75) is 44.2 Å². The van der Waals surface area contributed by atoms with Crippen molar-refractivity contribution in [1.82, 2.24) is 15.5 Å². The Balaban J connectivity index is 0.00000242.